The van der Waals surface area contributed by atoms with E-state index in [9.17, 15) is 4.79 Å². The number of rotatable bonds is 3. The van der Waals surface area contributed by atoms with Crippen molar-refractivity contribution in [1.82, 2.24) is 9.78 Å². The summed E-state index contributed by atoms with van der Waals surface area (Å²) < 4.78 is 7.13. The van der Waals surface area contributed by atoms with E-state index in [0.717, 1.165) is 5.39 Å². The van der Waals surface area contributed by atoms with Gasteiger partial charge in [-0.2, -0.15) is 5.10 Å². The number of halogens is 1. The molecule has 3 rings (SSSR count). The zero-order valence-corrected chi connectivity index (χ0v) is 11.0. The Bertz CT molecular complexity index is 725. The van der Waals surface area contributed by atoms with Gasteiger partial charge in [0.25, 0.3) is 0 Å². The third-order valence-electron chi connectivity index (χ3n) is 2.96. The van der Waals surface area contributed by atoms with Gasteiger partial charge in [0.05, 0.1) is 11.2 Å². The van der Waals surface area contributed by atoms with Gasteiger partial charge in [-0.1, -0.05) is 29.8 Å². The van der Waals surface area contributed by atoms with E-state index >= 15 is 0 Å². The SMILES string of the molecule is CCn1ncc(Cl)c1C(=O)c1cc2ccccc2o1. The number of hydrogen-bond acceptors (Lipinski definition) is 3. The normalized spacial score (nSPS) is 11.1. The average molecular weight is 275 g/mol. The number of aromatic nitrogens is 2. The van der Waals surface area contributed by atoms with Gasteiger partial charge in [-0.15, -0.1) is 0 Å². The number of carbonyl (C=O) groups excluding carboxylic acids is 1. The molecule has 0 aliphatic carbocycles. The van der Waals surface area contributed by atoms with Crippen LogP contribution in [0.25, 0.3) is 11.0 Å². The molecule has 19 heavy (non-hydrogen) atoms. The summed E-state index contributed by atoms with van der Waals surface area (Å²) in [5.74, 6) is 0.0267. The molecular formula is C14H11ClN2O2. The smallest absolute Gasteiger partial charge is 0.247 e. The highest BCUT2D eigenvalue weighted by Gasteiger charge is 2.21. The fourth-order valence-electron chi connectivity index (χ4n) is 2.04. The third kappa shape index (κ3) is 1.94. The first-order valence-electron chi connectivity index (χ1n) is 5.95. The molecule has 0 atom stereocenters. The van der Waals surface area contributed by atoms with Crippen molar-refractivity contribution in [3.63, 3.8) is 0 Å². The van der Waals surface area contributed by atoms with Crippen LogP contribution in [0.15, 0.2) is 40.9 Å². The maximum absolute atomic E-state index is 12.4. The number of para-hydroxylation sites is 1. The lowest BCUT2D eigenvalue weighted by atomic mass is 10.2. The molecule has 96 valence electrons. The van der Waals surface area contributed by atoms with Gasteiger partial charge in [-0.3, -0.25) is 9.48 Å². The standard InChI is InChI=1S/C14H11ClN2O2/c1-2-17-13(10(15)8-16-17)14(18)12-7-9-5-3-4-6-11(9)19-12/h3-8H,2H2,1H3. The summed E-state index contributed by atoms with van der Waals surface area (Å²) in [6.45, 7) is 2.48. The highest BCUT2D eigenvalue weighted by Crippen LogP contribution is 2.24. The summed E-state index contributed by atoms with van der Waals surface area (Å²) >= 11 is 6.02. The van der Waals surface area contributed by atoms with Crippen molar-refractivity contribution in [2.45, 2.75) is 13.5 Å². The topological polar surface area (TPSA) is 48.0 Å². The Labute approximate surface area is 114 Å². The maximum Gasteiger partial charge on any atom is 0.247 e. The molecule has 0 aliphatic heterocycles. The van der Waals surface area contributed by atoms with Gasteiger partial charge >= 0.3 is 0 Å². The molecule has 0 radical (unpaired) electrons. The van der Waals surface area contributed by atoms with Gasteiger partial charge in [0.2, 0.25) is 5.78 Å². The zero-order valence-electron chi connectivity index (χ0n) is 10.3. The number of benzene rings is 1. The average Bonchev–Trinajstić information content (AvgIpc) is 3.01. The number of aryl methyl sites for hydroxylation is 1. The number of furan rings is 1. The molecule has 5 heteroatoms. The molecule has 0 bridgehead atoms. The van der Waals surface area contributed by atoms with E-state index in [2.05, 4.69) is 5.10 Å². The van der Waals surface area contributed by atoms with E-state index in [1.54, 1.807) is 10.7 Å². The monoisotopic (exact) mass is 274 g/mol. The van der Waals surface area contributed by atoms with E-state index in [1.165, 1.54) is 6.20 Å². The first-order valence-corrected chi connectivity index (χ1v) is 6.33. The van der Waals surface area contributed by atoms with Crippen LogP contribution in [0.2, 0.25) is 5.02 Å². The summed E-state index contributed by atoms with van der Waals surface area (Å²) in [5.41, 5.74) is 1.05. The second kappa shape index (κ2) is 4.55. The van der Waals surface area contributed by atoms with Crippen molar-refractivity contribution in [2.24, 2.45) is 0 Å². The molecule has 3 aromatic rings. The number of ketones is 1. The van der Waals surface area contributed by atoms with Crippen LogP contribution in [0.3, 0.4) is 0 Å². The molecule has 4 nitrogen and oxygen atoms in total. The molecule has 1 aromatic carbocycles. The lowest BCUT2D eigenvalue weighted by Gasteiger charge is -2.01. The molecule has 0 N–H and O–H groups in total. The van der Waals surface area contributed by atoms with Crippen molar-refractivity contribution >= 4 is 28.4 Å². The Kier molecular flexibility index (Phi) is 2.87. The van der Waals surface area contributed by atoms with Gasteiger partial charge in [-0.25, -0.2) is 0 Å². The van der Waals surface area contributed by atoms with Crippen molar-refractivity contribution in [2.75, 3.05) is 0 Å². The minimum atomic E-state index is -0.249. The van der Waals surface area contributed by atoms with E-state index in [-0.39, 0.29) is 11.5 Å². The van der Waals surface area contributed by atoms with Crippen molar-refractivity contribution in [3.05, 3.63) is 53.0 Å². The number of nitrogens with zero attached hydrogens (tertiary/aromatic N) is 2. The number of carbonyl (C=O) groups is 1. The summed E-state index contributed by atoms with van der Waals surface area (Å²) in [7, 11) is 0. The fourth-order valence-corrected chi connectivity index (χ4v) is 2.27. The molecular weight excluding hydrogens is 264 g/mol. The van der Waals surface area contributed by atoms with Crippen LogP contribution in [-0.4, -0.2) is 15.6 Å². The second-order valence-electron chi connectivity index (χ2n) is 4.13. The Balaban J connectivity index is 2.10. The Morgan fingerprint density at radius 3 is 2.95 bits per heavy atom. The van der Waals surface area contributed by atoms with E-state index in [1.807, 2.05) is 31.2 Å². The van der Waals surface area contributed by atoms with E-state index in [4.69, 9.17) is 16.0 Å². The summed E-state index contributed by atoms with van der Waals surface area (Å²) in [6, 6.07) is 9.21. The fraction of sp³-hybridized carbons (Fsp3) is 0.143. The second-order valence-corrected chi connectivity index (χ2v) is 4.54. The largest absolute Gasteiger partial charge is 0.453 e. The summed E-state index contributed by atoms with van der Waals surface area (Å²) in [6.07, 6.45) is 1.47. The molecule has 0 spiro atoms. The van der Waals surface area contributed by atoms with Crippen LogP contribution in [0.4, 0.5) is 0 Å². The minimum absolute atomic E-state index is 0.249. The first kappa shape index (κ1) is 12.0. The molecule has 0 unspecified atom stereocenters. The summed E-state index contributed by atoms with van der Waals surface area (Å²) in [4.78, 5) is 12.4. The van der Waals surface area contributed by atoms with Gasteiger partial charge in [0.1, 0.15) is 11.3 Å². The van der Waals surface area contributed by atoms with Crippen LogP contribution in [0, 0.1) is 0 Å². The van der Waals surface area contributed by atoms with Crippen molar-refractivity contribution < 1.29 is 9.21 Å². The Morgan fingerprint density at radius 2 is 2.21 bits per heavy atom. The number of fused-ring (bicyclic) bond motifs is 1. The van der Waals surface area contributed by atoms with Crippen LogP contribution >= 0.6 is 11.6 Å². The predicted octanol–water partition coefficient (Wildman–Crippen LogP) is 3.53. The van der Waals surface area contributed by atoms with Gasteiger partial charge < -0.3 is 4.42 Å². The van der Waals surface area contributed by atoms with Crippen LogP contribution in [-0.2, 0) is 6.54 Å². The summed E-state index contributed by atoms with van der Waals surface area (Å²) in [5, 5.41) is 5.29. The van der Waals surface area contributed by atoms with Gasteiger partial charge in [0.15, 0.2) is 5.76 Å². The van der Waals surface area contributed by atoms with Gasteiger partial charge in [-0.05, 0) is 19.1 Å². The van der Waals surface area contributed by atoms with Crippen molar-refractivity contribution in [3.8, 4) is 0 Å². The van der Waals surface area contributed by atoms with Crippen LogP contribution in [0.5, 0.6) is 0 Å². The molecule has 0 saturated heterocycles. The van der Waals surface area contributed by atoms with Crippen LogP contribution < -0.4 is 0 Å². The zero-order chi connectivity index (χ0) is 13.4. The molecule has 0 fully saturated rings. The molecule has 2 heterocycles. The quantitative estimate of drug-likeness (QED) is 0.687. The third-order valence-corrected chi connectivity index (χ3v) is 3.24. The van der Waals surface area contributed by atoms with Crippen molar-refractivity contribution in [1.29, 1.82) is 0 Å². The van der Waals surface area contributed by atoms with Gasteiger partial charge in [0, 0.05) is 11.9 Å². The molecule has 0 aliphatic rings. The first-order chi connectivity index (χ1) is 9.20. The highest BCUT2D eigenvalue weighted by molar-refractivity contribution is 6.34. The maximum atomic E-state index is 12.4. The predicted molar refractivity (Wildman–Crippen MR) is 72.6 cm³/mol. The van der Waals surface area contributed by atoms with Crippen LogP contribution in [0.1, 0.15) is 23.2 Å². The molecule has 0 saturated carbocycles. The highest BCUT2D eigenvalue weighted by atomic mass is 35.5. The minimum Gasteiger partial charge on any atom is -0.453 e. The lowest BCUT2D eigenvalue weighted by Crippen LogP contribution is -2.10. The number of hydrogen-bond donors (Lipinski definition) is 0. The Hall–Kier alpha value is -2.07. The molecule has 2 aromatic heterocycles. The Morgan fingerprint density at radius 1 is 1.42 bits per heavy atom. The van der Waals surface area contributed by atoms with E-state index in [0.29, 0.717) is 22.8 Å². The van der Waals surface area contributed by atoms with E-state index < -0.39 is 0 Å². The lowest BCUT2D eigenvalue weighted by molar-refractivity contribution is 0.100. The molecule has 0 amide bonds.